The molecule has 0 N–H and O–H groups in total. The van der Waals surface area contributed by atoms with Gasteiger partial charge in [0.25, 0.3) is 5.82 Å². The molecule has 1 heterocycles. The molecule has 1 unspecified atom stereocenters. The van der Waals surface area contributed by atoms with Gasteiger partial charge in [-0.05, 0) is 43.7 Å². The standard InChI is InChI=1S/C30H43N2/c1-5-6-7-8-9-16-21-31-24-29(22-26(4)28-19-14-11-15-20-28)32(25(2)3)30(31)23-27-17-12-10-13-18-27/h10-15,17-20,24-26H,5-9,16,21-23H2,1-4H3/q+1. The number of hydrogen-bond acceptors (Lipinski definition) is 0. The summed E-state index contributed by atoms with van der Waals surface area (Å²) < 4.78 is 5.18. The van der Waals surface area contributed by atoms with Gasteiger partial charge in [0.2, 0.25) is 0 Å². The van der Waals surface area contributed by atoms with Gasteiger partial charge in [-0.1, -0.05) is 100 Å². The molecule has 0 fully saturated rings. The van der Waals surface area contributed by atoms with Crippen molar-refractivity contribution < 1.29 is 4.57 Å². The number of imidazole rings is 1. The van der Waals surface area contributed by atoms with E-state index in [1.54, 1.807) is 0 Å². The van der Waals surface area contributed by atoms with Crippen LogP contribution in [0.4, 0.5) is 0 Å². The molecule has 0 amide bonds. The summed E-state index contributed by atoms with van der Waals surface area (Å²) in [7, 11) is 0. The Balaban J connectivity index is 1.84. The van der Waals surface area contributed by atoms with Crippen LogP contribution in [0.15, 0.2) is 66.9 Å². The normalized spacial score (nSPS) is 12.4. The van der Waals surface area contributed by atoms with Crippen molar-refractivity contribution in [2.45, 2.75) is 97.6 Å². The van der Waals surface area contributed by atoms with Crippen molar-refractivity contribution in [3.05, 3.63) is 89.5 Å². The van der Waals surface area contributed by atoms with E-state index in [0.29, 0.717) is 12.0 Å². The van der Waals surface area contributed by atoms with Gasteiger partial charge in [-0.25, -0.2) is 9.13 Å². The number of aryl methyl sites for hydroxylation is 1. The lowest BCUT2D eigenvalue weighted by Crippen LogP contribution is -2.43. The van der Waals surface area contributed by atoms with Gasteiger partial charge in [0.15, 0.2) is 0 Å². The van der Waals surface area contributed by atoms with E-state index in [4.69, 9.17) is 0 Å². The number of unbranched alkanes of at least 4 members (excludes halogenated alkanes) is 5. The van der Waals surface area contributed by atoms with Gasteiger partial charge in [-0.15, -0.1) is 0 Å². The average Bonchev–Trinajstić information content (AvgIpc) is 3.14. The first-order valence-electron chi connectivity index (χ1n) is 12.8. The highest BCUT2D eigenvalue weighted by molar-refractivity contribution is 5.21. The fourth-order valence-corrected chi connectivity index (χ4v) is 4.84. The highest BCUT2D eigenvalue weighted by atomic mass is 15.2. The van der Waals surface area contributed by atoms with Crippen molar-refractivity contribution in [3.63, 3.8) is 0 Å². The van der Waals surface area contributed by atoms with Gasteiger partial charge in [0.1, 0.15) is 11.9 Å². The van der Waals surface area contributed by atoms with Crippen LogP contribution in [0.25, 0.3) is 0 Å². The number of aromatic nitrogens is 2. The Bertz CT molecular complexity index is 909. The Kier molecular flexibility index (Phi) is 9.59. The summed E-state index contributed by atoms with van der Waals surface area (Å²) in [5.41, 5.74) is 4.29. The Hall–Kier alpha value is -2.35. The number of hydrogen-bond donors (Lipinski definition) is 0. The Morgan fingerprint density at radius 1 is 0.781 bits per heavy atom. The third-order valence-corrected chi connectivity index (χ3v) is 6.58. The monoisotopic (exact) mass is 431 g/mol. The molecule has 3 rings (SSSR count). The molecule has 32 heavy (non-hydrogen) atoms. The van der Waals surface area contributed by atoms with E-state index in [-0.39, 0.29) is 0 Å². The third-order valence-electron chi connectivity index (χ3n) is 6.58. The molecule has 0 spiro atoms. The lowest BCUT2D eigenvalue weighted by Gasteiger charge is -2.13. The molecule has 172 valence electrons. The van der Waals surface area contributed by atoms with Crippen LogP contribution in [-0.4, -0.2) is 4.57 Å². The molecule has 1 atom stereocenters. The van der Waals surface area contributed by atoms with E-state index in [9.17, 15) is 0 Å². The van der Waals surface area contributed by atoms with E-state index in [1.807, 2.05) is 0 Å². The molecule has 0 aliphatic rings. The van der Waals surface area contributed by atoms with Crippen molar-refractivity contribution in [2.24, 2.45) is 0 Å². The second kappa shape index (κ2) is 12.6. The zero-order valence-electron chi connectivity index (χ0n) is 20.8. The highest BCUT2D eigenvalue weighted by Crippen LogP contribution is 2.22. The summed E-state index contributed by atoms with van der Waals surface area (Å²) >= 11 is 0. The highest BCUT2D eigenvalue weighted by Gasteiger charge is 2.26. The predicted octanol–water partition coefficient (Wildman–Crippen LogP) is 7.65. The number of rotatable bonds is 13. The Labute approximate surface area is 196 Å². The molecular formula is C30H43N2+. The molecule has 2 nitrogen and oxygen atoms in total. The number of nitrogens with zero attached hydrogens (tertiary/aromatic N) is 2. The molecule has 2 aromatic carbocycles. The van der Waals surface area contributed by atoms with Crippen molar-refractivity contribution >= 4 is 0 Å². The fraction of sp³-hybridized carbons (Fsp3) is 0.500. The quantitative estimate of drug-likeness (QED) is 0.194. The first-order valence-corrected chi connectivity index (χ1v) is 12.8. The summed E-state index contributed by atoms with van der Waals surface area (Å²) in [5, 5.41) is 0. The molecule has 0 aliphatic carbocycles. The second-order valence-electron chi connectivity index (χ2n) is 9.64. The molecule has 1 aromatic heterocycles. The molecule has 0 aliphatic heterocycles. The maximum Gasteiger partial charge on any atom is 0.261 e. The number of benzene rings is 2. The van der Waals surface area contributed by atoms with Crippen molar-refractivity contribution in [1.82, 2.24) is 4.57 Å². The first-order chi connectivity index (χ1) is 15.6. The van der Waals surface area contributed by atoms with Crippen molar-refractivity contribution in [2.75, 3.05) is 0 Å². The van der Waals surface area contributed by atoms with Gasteiger partial charge in [0.05, 0.1) is 19.0 Å². The minimum Gasteiger partial charge on any atom is -0.234 e. The Morgan fingerprint density at radius 2 is 1.41 bits per heavy atom. The predicted molar refractivity (Wildman–Crippen MR) is 136 cm³/mol. The van der Waals surface area contributed by atoms with Gasteiger partial charge in [-0.3, -0.25) is 0 Å². The summed E-state index contributed by atoms with van der Waals surface area (Å²) in [6.07, 6.45) is 12.6. The largest absolute Gasteiger partial charge is 0.261 e. The third kappa shape index (κ3) is 6.82. The van der Waals surface area contributed by atoms with Crippen LogP contribution >= 0.6 is 0 Å². The zero-order chi connectivity index (χ0) is 22.8. The lowest BCUT2D eigenvalue weighted by atomic mass is 9.96. The maximum absolute atomic E-state index is 2.61. The van der Waals surface area contributed by atoms with Crippen LogP contribution in [0.1, 0.15) is 101 Å². The molecule has 3 aromatic rings. The van der Waals surface area contributed by atoms with Gasteiger partial charge in [-0.2, -0.15) is 0 Å². The Morgan fingerprint density at radius 3 is 2.06 bits per heavy atom. The molecular weight excluding hydrogens is 388 g/mol. The first kappa shape index (κ1) is 24.3. The van der Waals surface area contributed by atoms with Gasteiger partial charge in [0, 0.05) is 6.42 Å². The lowest BCUT2D eigenvalue weighted by molar-refractivity contribution is -0.729. The van der Waals surface area contributed by atoms with E-state index < -0.39 is 0 Å². The zero-order valence-corrected chi connectivity index (χ0v) is 20.8. The molecule has 0 bridgehead atoms. The average molecular weight is 432 g/mol. The van der Waals surface area contributed by atoms with Crippen LogP contribution in [0.3, 0.4) is 0 Å². The van der Waals surface area contributed by atoms with Crippen LogP contribution in [0.5, 0.6) is 0 Å². The summed E-state index contributed by atoms with van der Waals surface area (Å²) in [5.74, 6) is 1.96. The van der Waals surface area contributed by atoms with E-state index >= 15 is 0 Å². The van der Waals surface area contributed by atoms with E-state index in [2.05, 4.69) is 104 Å². The molecule has 0 radical (unpaired) electrons. The van der Waals surface area contributed by atoms with E-state index in [1.165, 1.54) is 61.2 Å². The second-order valence-corrected chi connectivity index (χ2v) is 9.64. The van der Waals surface area contributed by atoms with Crippen LogP contribution in [0.2, 0.25) is 0 Å². The molecule has 0 saturated heterocycles. The summed E-state index contributed by atoms with van der Waals surface area (Å²) in [6.45, 7) is 10.4. The maximum atomic E-state index is 2.61. The summed E-state index contributed by atoms with van der Waals surface area (Å²) in [4.78, 5) is 0. The topological polar surface area (TPSA) is 8.81 Å². The molecule has 0 saturated carbocycles. The van der Waals surface area contributed by atoms with Gasteiger partial charge >= 0.3 is 0 Å². The SMILES string of the molecule is CCCCCCCCn1cc(CC(C)c2ccccc2)[n+](C(C)C)c1Cc1ccccc1. The van der Waals surface area contributed by atoms with Crippen LogP contribution in [-0.2, 0) is 19.4 Å². The van der Waals surface area contributed by atoms with Crippen molar-refractivity contribution in [1.29, 1.82) is 0 Å². The van der Waals surface area contributed by atoms with Gasteiger partial charge < -0.3 is 0 Å². The van der Waals surface area contributed by atoms with Crippen molar-refractivity contribution in [3.8, 4) is 0 Å². The minimum absolute atomic E-state index is 0.456. The summed E-state index contributed by atoms with van der Waals surface area (Å²) in [6, 6.07) is 22.4. The molecule has 2 heteroatoms. The van der Waals surface area contributed by atoms with E-state index in [0.717, 1.165) is 19.4 Å². The smallest absolute Gasteiger partial charge is 0.234 e. The van der Waals surface area contributed by atoms with Crippen LogP contribution < -0.4 is 4.57 Å². The van der Waals surface area contributed by atoms with Crippen LogP contribution in [0, 0.1) is 0 Å². The fourth-order valence-electron chi connectivity index (χ4n) is 4.84. The minimum atomic E-state index is 0.456.